The van der Waals surface area contributed by atoms with Gasteiger partial charge in [0.25, 0.3) is 0 Å². The molecule has 19 heavy (non-hydrogen) atoms. The number of carbonyl (C=O) groups is 1. The Morgan fingerprint density at radius 3 is 2.37 bits per heavy atom. The Labute approximate surface area is 126 Å². The van der Waals surface area contributed by atoms with Crippen molar-refractivity contribution in [3.05, 3.63) is 63.7 Å². The van der Waals surface area contributed by atoms with Gasteiger partial charge in [-0.1, -0.05) is 42.5 Å². The van der Waals surface area contributed by atoms with Crippen LogP contribution in [0.15, 0.2) is 54.6 Å². The van der Waals surface area contributed by atoms with E-state index in [1.165, 1.54) is 0 Å². The van der Waals surface area contributed by atoms with Crippen molar-refractivity contribution in [2.24, 2.45) is 0 Å². The second-order valence-electron chi connectivity index (χ2n) is 3.97. The molecule has 0 aliphatic rings. The Balaban J connectivity index is 2.36. The number of terminal acetylenes is 1. The monoisotopic (exact) mass is 361 g/mol. The summed E-state index contributed by atoms with van der Waals surface area (Å²) in [4.78, 5) is 13.6. The summed E-state index contributed by atoms with van der Waals surface area (Å²) in [5, 5.41) is 0. The third kappa shape index (κ3) is 3.36. The Hall–Kier alpha value is -1.80. The van der Waals surface area contributed by atoms with Crippen molar-refractivity contribution in [1.29, 1.82) is 0 Å². The van der Waals surface area contributed by atoms with E-state index in [1.807, 2.05) is 54.6 Å². The maximum atomic E-state index is 12.0. The van der Waals surface area contributed by atoms with Crippen LogP contribution in [0.25, 0.3) is 0 Å². The highest BCUT2D eigenvalue weighted by Gasteiger charge is 2.16. The molecule has 0 saturated carbocycles. The fraction of sp³-hybridized carbons (Fsp3) is 0.0625. The molecule has 0 aromatic heterocycles. The Bertz CT molecular complexity index is 616. The van der Waals surface area contributed by atoms with Crippen molar-refractivity contribution in [2.75, 3.05) is 4.90 Å². The van der Waals surface area contributed by atoms with Gasteiger partial charge in [0.1, 0.15) is 0 Å². The molecule has 0 atom stereocenters. The van der Waals surface area contributed by atoms with Crippen LogP contribution in [0.4, 0.5) is 5.69 Å². The van der Waals surface area contributed by atoms with Gasteiger partial charge in [-0.15, -0.1) is 6.42 Å². The normalized spacial score (nSPS) is 9.68. The number of anilines is 1. The summed E-state index contributed by atoms with van der Waals surface area (Å²) in [5.41, 5.74) is 1.89. The van der Waals surface area contributed by atoms with Crippen LogP contribution >= 0.6 is 22.6 Å². The van der Waals surface area contributed by atoms with E-state index < -0.39 is 0 Å². The fourth-order valence-electron chi connectivity index (χ4n) is 1.78. The Kier molecular flexibility index (Phi) is 4.58. The smallest absolute Gasteiger partial charge is 0.296 e. The molecule has 2 aromatic carbocycles. The fourth-order valence-corrected chi connectivity index (χ4v) is 2.46. The highest BCUT2D eigenvalue weighted by molar-refractivity contribution is 14.1. The van der Waals surface area contributed by atoms with Gasteiger partial charge in [0.05, 0.1) is 12.2 Å². The number of halogens is 1. The van der Waals surface area contributed by atoms with Gasteiger partial charge in [0.2, 0.25) is 0 Å². The SMILES string of the molecule is C#CC(=O)N(Cc1ccccc1)c1ccccc1I. The molecule has 2 rings (SSSR count). The number of amides is 1. The molecule has 0 heterocycles. The van der Waals surface area contributed by atoms with Crippen molar-refractivity contribution in [3.8, 4) is 12.3 Å². The molecule has 0 aliphatic heterocycles. The van der Waals surface area contributed by atoms with E-state index in [9.17, 15) is 4.79 Å². The lowest BCUT2D eigenvalue weighted by molar-refractivity contribution is -0.113. The number of hydrogen-bond donors (Lipinski definition) is 0. The molecule has 3 heteroatoms. The zero-order valence-corrected chi connectivity index (χ0v) is 12.4. The molecule has 0 spiro atoms. The lowest BCUT2D eigenvalue weighted by Crippen LogP contribution is -2.29. The van der Waals surface area contributed by atoms with E-state index in [0.29, 0.717) is 6.54 Å². The number of para-hydroxylation sites is 1. The molecule has 0 saturated heterocycles. The van der Waals surface area contributed by atoms with Crippen LogP contribution in [-0.4, -0.2) is 5.91 Å². The highest BCUT2D eigenvalue weighted by Crippen LogP contribution is 2.24. The van der Waals surface area contributed by atoms with E-state index in [2.05, 4.69) is 28.5 Å². The summed E-state index contributed by atoms with van der Waals surface area (Å²) in [6, 6.07) is 17.5. The second-order valence-corrected chi connectivity index (χ2v) is 5.13. The van der Waals surface area contributed by atoms with Crippen LogP contribution < -0.4 is 4.90 Å². The molecule has 2 nitrogen and oxygen atoms in total. The standard InChI is InChI=1S/C16H12INO/c1-2-16(19)18(12-13-8-4-3-5-9-13)15-11-7-6-10-14(15)17/h1,3-11H,12H2. The average molecular weight is 361 g/mol. The molecule has 1 amide bonds. The highest BCUT2D eigenvalue weighted by atomic mass is 127. The van der Waals surface area contributed by atoms with Crippen molar-refractivity contribution < 1.29 is 4.79 Å². The van der Waals surface area contributed by atoms with Crippen molar-refractivity contribution in [1.82, 2.24) is 0 Å². The van der Waals surface area contributed by atoms with Crippen molar-refractivity contribution >= 4 is 34.2 Å². The molecule has 0 N–H and O–H groups in total. The number of carbonyl (C=O) groups excluding carboxylic acids is 1. The first-order valence-corrected chi connectivity index (χ1v) is 6.87. The largest absolute Gasteiger partial charge is 0.302 e. The average Bonchev–Trinajstić information content (AvgIpc) is 2.46. The summed E-state index contributed by atoms with van der Waals surface area (Å²) < 4.78 is 1.000. The summed E-state index contributed by atoms with van der Waals surface area (Å²) in [6.45, 7) is 0.476. The predicted molar refractivity (Wildman–Crippen MR) is 85.6 cm³/mol. The van der Waals surface area contributed by atoms with Crippen molar-refractivity contribution in [2.45, 2.75) is 6.54 Å². The van der Waals surface area contributed by atoms with Gasteiger partial charge in [-0.25, -0.2) is 0 Å². The first-order chi connectivity index (χ1) is 9.22. The minimum absolute atomic E-state index is 0.326. The third-order valence-corrected chi connectivity index (χ3v) is 3.61. The van der Waals surface area contributed by atoms with Crippen LogP contribution in [0.1, 0.15) is 5.56 Å². The molecule has 94 valence electrons. The van der Waals surface area contributed by atoms with Crippen LogP contribution in [0.5, 0.6) is 0 Å². The molecule has 0 fully saturated rings. The van der Waals surface area contributed by atoms with Gasteiger partial charge in [0, 0.05) is 3.57 Å². The zero-order valence-electron chi connectivity index (χ0n) is 10.2. The van der Waals surface area contributed by atoms with Gasteiger partial charge < -0.3 is 0 Å². The summed E-state index contributed by atoms with van der Waals surface area (Å²) >= 11 is 2.21. The Morgan fingerprint density at radius 2 is 1.74 bits per heavy atom. The van der Waals surface area contributed by atoms with Crippen molar-refractivity contribution in [3.63, 3.8) is 0 Å². The summed E-state index contributed by atoms with van der Waals surface area (Å²) in [5.74, 6) is 1.87. The Morgan fingerprint density at radius 1 is 1.11 bits per heavy atom. The molecular weight excluding hydrogens is 349 g/mol. The van der Waals surface area contributed by atoms with Gasteiger partial charge in [-0.2, -0.15) is 0 Å². The van der Waals surface area contributed by atoms with E-state index >= 15 is 0 Å². The maximum absolute atomic E-state index is 12.0. The minimum atomic E-state index is -0.326. The van der Waals surface area contributed by atoms with E-state index in [1.54, 1.807) is 4.90 Å². The number of nitrogens with zero attached hydrogens (tertiary/aromatic N) is 1. The topological polar surface area (TPSA) is 20.3 Å². The molecule has 0 radical (unpaired) electrons. The summed E-state index contributed by atoms with van der Waals surface area (Å²) in [6.07, 6.45) is 5.27. The van der Waals surface area contributed by atoms with Gasteiger partial charge >= 0.3 is 5.91 Å². The van der Waals surface area contributed by atoms with Crippen LogP contribution in [0, 0.1) is 15.9 Å². The van der Waals surface area contributed by atoms with Crippen LogP contribution in [0.2, 0.25) is 0 Å². The predicted octanol–water partition coefficient (Wildman–Crippen LogP) is 3.46. The maximum Gasteiger partial charge on any atom is 0.302 e. The van der Waals surface area contributed by atoms with E-state index in [4.69, 9.17) is 6.42 Å². The quantitative estimate of drug-likeness (QED) is 0.606. The third-order valence-electron chi connectivity index (χ3n) is 2.70. The van der Waals surface area contributed by atoms with Gasteiger partial charge in [-0.05, 0) is 46.2 Å². The lowest BCUT2D eigenvalue weighted by atomic mass is 10.2. The van der Waals surface area contributed by atoms with Gasteiger partial charge in [0.15, 0.2) is 0 Å². The molecule has 0 unspecified atom stereocenters. The van der Waals surface area contributed by atoms with Crippen LogP contribution in [-0.2, 0) is 11.3 Å². The number of benzene rings is 2. The molecule has 0 aliphatic carbocycles. The summed E-state index contributed by atoms with van der Waals surface area (Å²) in [7, 11) is 0. The zero-order chi connectivity index (χ0) is 13.7. The first-order valence-electron chi connectivity index (χ1n) is 5.79. The molecular formula is C16H12INO. The first kappa shape index (κ1) is 13.6. The van der Waals surface area contributed by atoms with Crippen LogP contribution in [0.3, 0.4) is 0 Å². The minimum Gasteiger partial charge on any atom is -0.296 e. The number of hydrogen-bond acceptors (Lipinski definition) is 1. The number of rotatable bonds is 3. The molecule has 2 aromatic rings. The van der Waals surface area contributed by atoms with E-state index in [-0.39, 0.29) is 5.91 Å². The van der Waals surface area contributed by atoms with Gasteiger partial charge in [-0.3, -0.25) is 9.69 Å². The van der Waals surface area contributed by atoms with E-state index in [0.717, 1.165) is 14.8 Å². The lowest BCUT2D eigenvalue weighted by Gasteiger charge is -2.21. The second kappa shape index (κ2) is 6.39. The molecule has 0 bridgehead atoms.